The van der Waals surface area contributed by atoms with E-state index in [0.29, 0.717) is 5.69 Å². The van der Waals surface area contributed by atoms with Gasteiger partial charge in [-0.2, -0.15) is 0 Å². The zero-order valence-electron chi connectivity index (χ0n) is 13.8. The van der Waals surface area contributed by atoms with Gasteiger partial charge in [0.1, 0.15) is 12.1 Å². The van der Waals surface area contributed by atoms with Crippen LogP contribution in [0.2, 0.25) is 0 Å². The monoisotopic (exact) mass is 315 g/mol. The number of hydrogen-bond acceptors (Lipinski definition) is 3. The van der Waals surface area contributed by atoms with Crippen LogP contribution in [0.25, 0.3) is 17.0 Å². The van der Waals surface area contributed by atoms with Crippen LogP contribution in [0.1, 0.15) is 32.0 Å². The summed E-state index contributed by atoms with van der Waals surface area (Å²) in [4.78, 5) is 22.9. The zero-order valence-corrected chi connectivity index (χ0v) is 13.8. The number of rotatable bonds is 4. The van der Waals surface area contributed by atoms with E-state index in [-0.39, 0.29) is 12.5 Å². The second-order valence-corrected chi connectivity index (χ2v) is 6.48. The maximum atomic E-state index is 12.1. The predicted octanol–water partition coefficient (Wildman–Crippen LogP) is 3.39. The average Bonchev–Trinajstić information content (AvgIpc) is 2.71. The molecule has 2 rings (SSSR count). The lowest BCUT2D eigenvalue weighted by molar-refractivity contribution is -0.155. The molecule has 0 aliphatic carbocycles. The van der Waals surface area contributed by atoms with E-state index in [4.69, 9.17) is 9.84 Å². The van der Waals surface area contributed by atoms with E-state index >= 15 is 0 Å². The van der Waals surface area contributed by atoms with Crippen LogP contribution in [0, 0.1) is 6.92 Å². The Morgan fingerprint density at radius 1 is 1.26 bits per heavy atom. The molecule has 0 amide bonds. The van der Waals surface area contributed by atoms with Crippen molar-refractivity contribution in [3.05, 3.63) is 41.6 Å². The van der Waals surface area contributed by atoms with Crippen molar-refractivity contribution in [2.45, 2.75) is 39.8 Å². The topological polar surface area (TPSA) is 68.5 Å². The van der Waals surface area contributed by atoms with Gasteiger partial charge in [-0.25, -0.2) is 4.79 Å². The summed E-state index contributed by atoms with van der Waals surface area (Å²) < 4.78 is 7.13. The van der Waals surface area contributed by atoms with Crippen molar-refractivity contribution in [3.8, 4) is 0 Å². The van der Waals surface area contributed by atoms with Crippen LogP contribution in [0.15, 0.2) is 30.3 Å². The van der Waals surface area contributed by atoms with E-state index in [1.54, 1.807) is 4.57 Å². The number of carboxylic acids is 1. The summed E-state index contributed by atoms with van der Waals surface area (Å²) in [6.07, 6.45) is 2.55. The van der Waals surface area contributed by atoms with Crippen LogP contribution in [-0.4, -0.2) is 27.2 Å². The maximum absolute atomic E-state index is 12.1. The lowest BCUT2D eigenvalue weighted by Gasteiger charge is -2.20. The van der Waals surface area contributed by atoms with Gasteiger partial charge in [-0.1, -0.05) is 11.6 Å². The van der Waals surface area contributed by atoms with Crippen LogP contribution in [0.3, 0.4) is 0 Å². The Hall–Kier alpha value is -2.56. The standard InChI is InChI=1S/C18H21NO4/c1-12-5-7-15-13(9-12)10-14(6-8-16(20)21)19(15)11-17(22)23-18(2,3)4/h5-10H,11H2,1-4H3,(H,20,21). The molecule has 1 heterocycles. The number of esters is 1. The van der Waals surface area contributed by atoms with Crippen molar-refractivity contribution in [1.82, 2.24) is 4.57 Å². The zero-order chi connectivity index (χ0) is 17.2. The number of aryl methyl sites for hydroxylation is 1. The molecule has 23 heavy (non-hydrogen) atoms. The van der Waals surface area contributed by atoms with Gasteiger partial charge in [0, 0.05) is 22.7 Å². The van der Waals surface area contributed by atoms with Crippen molar-refractivity contribution >= 4 is 28.9 Å². The molecule has 0 unspecified atom stereocenters. The van der Waals surface area contributed by atoms with Crippen LogP contribution in [0.4, 0.5) is 0 Å². The van der Waals surface area contributed by atoms with Gasteiger partial charge in [-0.3, -0.25) is 4.79 Å². The number of carboxylic acid groups (broad SMARTS) is 1. The number of benzene rings is 1. The summed E-state index contributed by atoms with van der Waals surface area (Å²) in [5.74, 6) is -1.39. The molecule has 0 aliphatic heterocycles. The minimum Gasteiger partial charge on any atom is -0.478 e. The maximum Gasteiger partial charge on any atom is 0.328 e. The Kier molecular flexibility index (Phi) is 4.59. The number of carbonyl (C=O) groups excluding carboxylic acids is 1. The molecular formula is C18H21NO4. The molecular weight excluding hydrogens is 294 g/mol. The van der Waals surface area contributed by atoms with Gasteiger partial charge >= 0.3 is 11.9 Å². The first-order valence-electron chi connectivity index (χ1n) is 7.38. The molecule has 0 atom stereocenters. The molecule has 5 heteroatoms. The van der Waals surface area contributed by atoms with Crippen molar-refractivity contribution in [3.63, 3.8) is 0 Å². The molecule has 0 saturated heterocycles. The van der Waals surface area contributed by atoms with Crippen molar-refractivity contribution in [2.75, 3.05) is 0 Å². The predicted molar refractivity (Wildman–Crippen MR) is 89.2 cm³/mol. The van der Waals surface area contributed by atoms with Crippen LogP contribution < -0.4 is 0 Å². The van der Waals surface area contributed by atoms with Crippen molar-refractivity contribution in [2.24, 2.45) is 0 Å². The second-order valence-electron chi connectivity index (χ2n) is 6.48. The van der Waals surface area contributed by atoms with Gasteiger partial charge in [-0.05, 0) is 52.0 Å². The molecule has 0 saturated carbocycles. The molecule has 1 N–H and O–H groups in total. The average molecular weight is 315 g/mol. The van der Waals surface area contributed by atoms with E-state index < -0.39 is 11.6 Å². The molecule has 1 aromatic carbocycles. The fraction of sp³-hybridized carbons (Fsp3) is 0.333. The second kappa shape index (κ2) is 6.28. The Morgan fingerprint density at radius 2 is 1.96 bits per heavy atom. The third kappa shape index (κ3) is 4.45. The van der Waals surface area contributed by atoms with Crippen LogP contribution >= 0.6 is 0 Å². The number of ether oxygens (including phenoxy) is 1. The molecule has 5 nitrogen and oxygen atoms in total. The minimum atomic E-state index is -1.03. The molecule has 122 valence electrons. The van der Waals surface area contributed by atoms with E-state index in [2.05, 4.69) is 0 Å². The van der Waals surface area contributed by atoms with Gasteiger partial charge in [0.05, 0.1) is 0 Å². The summed E-state index contributed by atoms with van der Waals surface area (Å²) in [6.45, 7) is 7.45. The summed E-state index contributed by atoms with van der Waals surface area (Å²) in [5.41, 5.74) is 2.05. The molecule has 0 spiro atoms. The first-order chi connectivity index (χ1) is 10.7. The third-order valence-electron chi connectivity index (χ3n) is 3.19. The summed E-state index contributed by atoms with van der Waals surface area (Å²) in [7, 11) is 0. The lowest BCUT2D eigenvalue weighted by Crippen LogP contribution is -2.26. The van der Waals surface area contributed by atoms with Gasteiger partial charge in [-0.15, -0.1) is 0 Å². The Labute approximate surface area is 135 Å². The summed E-state index contributed by atoms with van der Waals surface area (Å²) >= 11 is 0. The number of fused-ring (bicyclic) bond motifs is 1. The lowest BCUT2D eigenvalue weighted by atomic mass is 10.2. The quantitative estimate of drug-likeness (QED) is 0.693. The van der Waals surface area contributed by atoms with Gasteiger partial charge in [0.15, 0.2) is 0 Å². The highest BCUT2D eigenvalue weighted by atomic mass is 16.6. The first kappa shape index (κ1) is 16.8. The van der Waals surface area contributed by atoms with Crippen LogP contribution in [0.5, 0.6) is 0 Å². The number of aliphatic carboxylic acids is 1. The molecule has 0 bridgehead atoms. The summed E-state index contributed by atoms with van der Waals surface area (Å²) in [6, 6.07) is 7.75. The smallest absolute Gasteiger partial charge is 0.328 e. The molecule has 0 aliphatic rings. The fourth-order valence-corrected chi connectivity index (χ4v) is 2.39. The van der Waals surface area contributed by atoms with Gasteiger partial charge in [0.2, 0.25) is 0 Å². The largest absolute Gasteiger partial charge is 0.478 e. The van der Waals surface area contributed by atoms with E-state index in [9.17, 15) is 9.59 Å². The molecule has 0 fully saturated rings. The Morgan fingerprint density at radius 3 is 2.57 bits per heavy atom. The first-order valence-corrected chi connectivity index (χ1v) is 7.38. The molecule has 2 aromatic rings. The van der Waals surface area contributed by atoms with Gasteiger partial charge in [0.25, 0.3) is 0 Å². The van der Waals surface area contributed by atoms with E-state index in [0.717, 1.165) is 22.5 Å². The number of aromatic nitrogens is 1. The number of nitrogens with zero attached hydrogens (tertiary/aromatic N) is 1. The van der Waals surface area contributed by atoms with Crippen molar-refractivity contribution in [1.29, 1.82) is 0 Å². The highest BCUT2D eigenvalue weighted by molar-refractivity contribution is 5.89. The third-order valence-corrected chi connectivity index (χ3v) is 3.19. The highest BCUT2D eigenvalue weighted by Gasteiger charge is 2.18. The van der Waals surface area contributed by atoms with Gasteiger partial charge < -0.3 is 14.4 Å². The Balaban J connectivity index is 2.44. The van der Waals surface area contributed by atoms with Crippen LogP contribution in [-0.2, 0) is 20.9 Å². The number of hydrogen-bond donors (Lipinski definition) is 1. The fourth-order valence-electron chi connectivity index (χ4n) is 2.39. The SMILES string of the molecule is Cc1ccc2c(c1)cc(C=CC(=O)O)n2CC(=O)OC(C)(C)C. The molecule has 0 radical (unpaired) electrons. The Bertz CT molecular complexity index is 778. The van der Waals surface area contributed by atoms with Crippen molar-refractivity contribution < 1.29 is 19.4 Å². The highest BCUT2D eigenvalue weighted by Crippen LogP contribution is 2.23. The number of carbonyl (C=O) groups is 2. The normalized spacial score (nSPS) is 12.0. The summed E-state index contributed by atoms with van der Waals surface area (Å²) in [5, 5.41) is 9.79. The van der Waals surface area contributed by atoms with E-state index in [1.165, 1.54) is 6.08 Å². The van der Waals surface area contributed by atoms with E-state index in [1.807, 2.05) is 52.0 Å². The minimum absolute atomic E-state index is 0.0309. The molecule has 1 aromatic heterocycles.